The number of rotatable bonds is 9. The van der Waals surface area contributed by atoms with Gasteiger partial charge in [-0.1, -0.05) is 26.7 Å². The number of nitrogens with one attached hydrogen (secondary N) is 3. The summed E-state index contributed by atoms with van der Waals surface area (Å²) < 4.78 is 5.33. The lowest BCUT2D eigenvalue weighted by Crippen LogP contribution is -2.49. The molecule has 2 unspecified atom stereocenters. The summed E-state index contributed by atoms with van der Waals surface area (Å²) in [6, 6.07) is 0.124. The van der Waals surface area contributed by atoms with Gasteiger partial charge in [0.25, 0.3) is 0 Å². The highest BCUT2D eigenvalue weighted by Gasteiger charge is 2.22. The van der Waals surface area contributed by atoms with Crippen LogP contribution in [0.3, 0.4) is 0 Å². The van der Waals surface area contributed by atoms with Crippen LogP contribution in [-0.4, -0.2) is 68.4 Å². The molecule has 0 aliphatic carbocycles. The molecule has 1 aliphatic rings. The van der Waals surface area contributed by atoms with Crippen LogP contribution in [0.5, 0.6) is 0 Å². The van der Waals surface area contributed by atoms with Gasteiger partial charge in [0, 0.05) is 32.7 Å². The number of likely N-dealkylation sites (tertiary alicyclic amines) is 1. The third kappa shape index (κ3) is 11.9. The Morgan fingerprint density at radius 1 is 1.29 bits per heavy atom. The molecule has 0 bridgehead atoms. The smallest absolute Gasteiger partial charge is 0.407 e. The molecule has 7 nitrogen and oxygen atoms in total. The first-order chi connectivity index (χ1) is 12.8. The molecule has 1 fully saturated rings. The SMILES string of the molecule is CCCCC(CNC(=O)OC(C)(C)C)NC(=NC)NCC1CCN(CC)C1.I. The molecule has 1 aliphatic heterocycles. The van der Waals surface area contributed by atoms with Crippen LogP contribution in [0.4, 0.5) is 4.79 Å². The Labute approximate surface area is 188 Å². The lowest BCUT2D eigenvalue weighted by molar-refractivity contribution is 0.0523. The molecule has 3 N–H and O–H groups in total. The summed E-state index contributed by atoms with van der Waals surface area (Å²) in [5, 5.41) is 9.79. The van der Waals surface area contributed by atoms with Gasteiger partial charge in [-0.25, -0.2) is 4.79 Å². The molecular formula is C20H42IN5O2. The first-order valence-electron chi connectivity index (χ1n) is 10.4. The van der Waals surface area contributed by atoms with Gasteiger partial charge in [-0.3, -0.25) is 4.99 Å². The molecule has 166 valence electrons. The van der Waals surface area contributed by atoms with Crippen molar-refractivity contribution in [2.45, 2.75) is 71.9 Å². The molecule has 8 heteroatoms. The minimum Gasteiger partial charge on any atom is -0.444 e. The van der Waals surface area contributed by atoms with E-state index in [1.54, 1.807) is 7.05 Å². The van der Waals surface area contributed by atoms with Crippen LogP contribution in [0.25, 0.3) is 0 Å². The molecule has 0 spiro atoms. The van der Waals surface area contributed by atoms with Crippen molar-refractivity contribution < 1.29 is 9.53 Å². The summed E-state index contributed by atoms with van der Waals surface area (Å²) in [6.07, 6.45) is 4.04. The summed E-state index contributed by atoms with van der Waals surface area (Å²) in [5.41, 5.74) is -0.484. The van der Waals surface area contributed by atoms with E-state index in [9.17, 15) is 4.79 Å². The molecule has 0 aromatic carbocycles. The quantitative estimate of drug-likeness (QED) is 0.252. The number of halogens is 1. The normalized spacial score (nSPS) is 18.9. The first-order valence-corrected chi connectivity index (χ1v) is 10.4. The van der Waals surface area contributed by atoms with E-state index < -0.39 is 5.60 Å². The Bertz CT molecular complexity index is 468. The van der Waals surface area contributed by atoms with Crippen LogP contribution in [0.1, 0.15) is 60.3 Å². The fourth-order valence-corrected chi connectivity index (χ4v) is 3.19. The monoisotopic (exact) mass is 511 g/mol. The number of hydrogen-bond donors (Lipinski definition) is 3. The minimum absolute atomic E-state index is 0. The van der Waals surface area contributed by atoms with Gasteiger partial charge in [0.1, 0.15) is 5.60 Å². The molecule has 1 saturated heterocycles. The van der Waals surface area contributed by atoms with Gasteiger partial charge in [0.05, 0.1) is 0 Å². The van der Waals surface area contributed by atoms with Crippen molar-refractivity contribution in [3.63, 3.8) is 0 Å². The van der Waals surface area contributed by atoms with E-state index in [-0.39, 0.29) is 36.1 Å². The van der Waals surface area contributed by atoms with Crippen LogP contribution in [0.2, 0.25) is 0 Å². The zero-order valence-corrected chi connectivity index (χ0v) is 21.0. The highest BCUT2D eigenvalue weighted by atomic mass is 127. The maximum atomic E-state index is 11.9. The molecule has 28 heavy (non-hydrogen) atoms. The molecule has 1 rings (SSSR count). The number of guanidine groups is 1. The summed E-state index contributed by atoms with van der Waals surface area (Å²) in [4.78, 5) is 18.8. The lowest BCUT2D eigenvalue weighted by Gasteiger charge is -2.24. The Hall–Kier alpha value is -0.770. The molecule has 2 atom stereocenters. The van der Waals surface area contributed by atoms with Crippen LogP contribution in [0.15, 0.2) is 4.99 Å². The highest BCUT2D eigenvalue weighted by molar-refractivity contribution is 14.0. The van der Waals surface area contributed by atoms with E-state index in [1.165, 1.54) is 13.0 Å². The van der Waals surface area contributed by atoms with Crippen molar-refractivity contribution in [1.29, 1.82) is 0 Å². The first kappa shape index (κ1) is 27.2. The molecule has 0 saturated carbocycles. The lowest BCUT2D eigenvalue weighted by atomic mass is 10.1. The molecular weight excluding hydrogens is 469 g/mol. The van der Waals surface area contributed by atoms with Gasteiger partial charge in [-0.2, -0.15) is 0 Å². The van der Waals surface area contributed by atoms with Crippen molar-refractivity contribution in [3.05, 3.63) is 0 Å². The second kappa shape index (κ2) is 14.3. The predicted molar refractivity (Wildman–Crippen MR) is 128 cm³/mol. The van der Waals surface area contributed by atoms with Crippen molar-refractivity contribution in [2.75, 3.05) is 39.8 Å². The second-order valence-electron chi connectivity index (χ2n) is 8.37. The molecule has 1 heterocycles. The fourth-order valence-electron chi connectivity index (χ4n) is 3.19. The standard InChI is InChI=1S/C20H41N5O2.HI/c1-7-9-10-17(14-23-19(26)27-20(3,4)5)24-18(21-6)22-13-16-11-12-25(8-2)15-16;/h16-17H,7-15H2,1-6H3,(H,23,26)(H2,21,22,24);1H. The van der Waals surface area contributed by atoms with Gasteiger partial charge >= 0.3 is 6.09 Å². The van der Waals surface area contributed by atoms with Gasteiger partial charge in [0.15, 0.2) is 5.96 Å². The van der Waals surface area contributed by atoms with Gasteiger partial charge < -0.3 is 25.6 Å². The number of carbonyl (C=O) groups excluding carboxylic acids is 1. The zero-order chi connectivity index (χ0) is 20.3. The van der Waals surface area contributed by atoms with Crippen molar-refractivity contribution >= 4 is 36.0 Å². The largest absolute Gasteiger partial charge is 0.444 e. The third-order valence-corrected chi connectivity index (χ3v) is 4.74. The van der Waals surface area contributed by atoms with Crippen molar-refractivity contribution in [1.82, 2.24) is 20.9 Å². The molecule has 0 radical (unpaired) electrons. The summed E-state index contributed by atoms with van der Waals surface area (Å²) in [5.74, 6) is 1.47. The maximum Gasteiger partial charge on any atom is 0.407 e. The third-order valence-electron chi connectivity index (χ3n) is 4.74. The zero-order valence-electron chi connectivity index (χ0n) is 18.6. The second-order valence-corrected chi connectivity index (χ2v) is 8.37. The number of aliphatic imine (C=N–C) groups is 1. The van der Waals surface area contributed by atoms with Crippen LogP contribution < -0.4 is 16.0 Å². The van der Waals surface area contributed by atoms with Gasteiger partial charge in [0.2, 0.25) is 0 Å². The van der Waals surface area contributed by atoms with Crippen LogP contribution in [-0.2, 0) is 4.74 Å². The Morgan fingerprint density at radius 3 is 2.54 bits per heavy atom. The molecule has 0 aromatic rings. The van der Waals surface area contributed by atoms with E-state index in [4.69, 9.17) is 4.74 Å². The maximum absolute atomic E-state index is 11.9. The number of nitrogens with zero attached hydrogens (tertiary/aromatic N) is 2. The number of amides is 1. The summed E-state index contributed by atoms with van der Waals surface area (Å²) in [6.45, 7) is 14.9. The number of ether oxygens (including phenoxy) is 1. The van der Waals surface area contributed by atoms with Crippen molar-refractivity contribution in [2.24, 2.45) is 10.9 Å². The van der Waals surface area contributed by atoms with Gasteiger partial charge in [-0.15, -0.1) is 24.0 Å². The van der Waals surface area contributed by atoms with Gasteiger partial charge in [-0.05, 0) is 52.6 Å². The van der Waals surface area contributed by atoms with Crippen LogP contribution >= 0.6 is 24.0 Å². The summed E-state index contributed by atoms with van der Waals surface area (Å²) in [7, 11) is 1.79. The highest BCUT2D eigenvalue weighted by Crippen LogP contribution is 2.14. The van der Waals surface area contributed by atoms with E-state index in [0.29, 0.717) is 12.5 Å². The Balaban J connectivity index is 0.00000729. The fraction of sp³-hybridized carbons (Fsp3) is 0.900. The number of unbranched alkanes of at least 4 members (excludes halogenated alkanes) is 1. The van der Waals surface area contributed by atoms with E-state index in [0.717, 1.165) is 44.9 Å². The molecule has 0 aromatic heterocycles. The Morgan fingerprint density at radius 2 is 2.00 bits per heavy atom. The predicted octanol–water partition coefficient (Wildman–Crippen LogP) is 3.19. The van der Waals surface area contributed by atoms with E-state index >= 15 is 0 Å². The number of hydrogen-bond acceptors (Lipinski definition) is 4. The van der Waals surface area contributed by atoms with E-state index in [1.807, 2.05) is 20.8 Å². The average molecular weight is 511 g/mol. The molecule has 1 amide bonds. The van der Waals surface area contributed by atoms with E-state index in [2.05, 4.69) is 39.7 Å². The topological polar surface area (TPSA) is 78.0 Å². The number of carbonyl (C=O) groups is 1. The number of alkyl carbamates (subject to hydrolysis) is 1. The average Bonchev–Trinajstić information content (AvgIpc) is 3.07. The summed E-state index contributed by atoms with van der Waals surface area (Å²) >= 11 is 0. The van der Waals surface area contributed by atoms with Crippen LogP contribution in [0, 0.1) is 5.92 Å². The Kier molecular flexibility index (Phi) is 13.9. The minimum atomic E-state index is -0.484. The van der Waals surface area contributed by atoms with Crippen molar-refractivity contribution in [3.8, 4) is 0 Å².